The van der Waals surface area contributed by atoms with E-state index < -0.39 is 13.0 Å². The van der Waals surface area contributed by atoms with Gasteiger partial charge in [0.1, 0.15) is 5.75 Å². The summed E-state index contributed by atoms with van der Waals surface area (Å²) < 4.78 is 34.1. The van der Waals surface area contributed by atoms with Crippen molar-refractivity contribution in [1.29, 1.82) is 0 Å². The predicted molar refractivity (Wildman–Crippen MR) is 54.3 cm³/mol. The maximum absolute atomic E-state index is 12.0. The number of pyridine rings is 1. The zero-order chi connectivity index (χ0) is 11.5. The predicted octanol–water partition coefficient (Wildman–Crippen LogP) is 2.61. The fourth-order valence-corrected chi connectivity index (χ4v) is 1.51. The van der Waals surface area contributed by atoms with Crippen LogP contribution < -0.4 is 9.47 Å². The van der Waals surface area contributed by atoms with Crippen LogP contribution in [0.5, 0.6) is 11.6 Å². The average Bonchev–Trinajstić information content (AvgIpc) is 3.10. The van der Waals surface area contributed by atoms with Crippen LogP contribution in [-0.2, 0) is 0 Å². The Bertz CT molecular complexity index is 367. The van der Waals surface area contributed by atoms with E-state index in [-0.39, 0.29) is 0 Å². The first-order valence-corrected chi connectivity index (χ1v) is 5.15. The van der Waals surface area contributed by atoms with Crippen molar-refractivity contribution >= 4 is 0 Å². The molecule has 1 aromatic rings. The van der Waals surface area contributed by atoms with Crippen LogP contribution in [0.3, 0.4) is 0 Å². The van der Waals surface area contributed by atoms with Gasteiger partial charge < -0.3 is 9.47 Å². The third-order valence-corrected chi connectivity index (χ3v) is 2.45. The molecule has 0 unspecified atom stereocenters. The van der Waals surface area contributed by atoms with Gasteiger partial charge in [-0.15, -0.1) is 0 Å². The number of aromatic nitrogens is 1. The van der Waals surface area contributed by atoms with Crippen LogP contribution in [-0.4, -0.2) is 25.1 Å². The molecule has 0 aromatic carbocycles. The molecule has 3 nitrogen and oxygen atoms in total. The topological polar surface area (TPSA) is 31.4 Å². The van der Waals surface area contributed by atoms with E-state index in [0.29, 0.717) is 17.5 Å². The number of ether oxygens (including phenoxy) is 2. The number of hydrogen-bond donors (Lipinski definition) is 0. The fraction of sp³-hybridized carbons (Fsp3) is 0.545. The van der Waals surface area contributed by atoms with E-state index in [1.54, 1.807) is 7.11 Å². The molecule has 0 saturated heterocycles. The molecule has 5 heteroatoms. The van der Waals surface area contributed by atoms with Crippen LogP contribution in [0.2, 0.25) is 0 Å². The smallest absolute Gasteiger partial charge is 0.272 e. The van der Waals surface area contributed by atoms with E-state index in [1.165, 1.54) is 6.20 Å². The van der Waals surface area contributed by atoms with Gasteiger partial charge in [0, 0.05) is 5.56 Å². The molecule has 1 aliphatic rings. The molecule has 88 valence electrons. The Hall–Kier alpha value is -1.39. The molecule has 0 amide bonds. The third kappa shape index (κ3) is 2.59. The van der Waals surface area contributed by atoms with Gasteiger partial charge in [-0.3, -0.25) is 0 Å². The molecule has 16 heavy (non-hydrogen) atoms. The van der Waals surface area contributed by atoms with Gasteiger partial charge in [-0.1, -0.05) is 0 Å². The summed E-state index contributed by atoms with van der Waals surface area (Å²) in [6, 6.07) is 1.81. The molecule has 0 atom stereocenters. The highest BCUT2D eigenvalue weighted by molar-refractivity contribution is 5.38. The summed E-state index contributed by atoms with van der Waals surface area (Å²) in [5, 5.41) is 0. The van der Waals surface area contributed by atoms with Crippen LogP contribution in [0.4, 0.5) is 8.78 Å². The number of rotatable bonds is 5. The van der Waals surface area contributed by atoms with Crippen LogP contribution in [0.1, 0.15) is 24.3 Å². The van der Waals surface area contributed by atoms with Crippen LogP contribution in [0.15, 0.2) is 12.3 Å². The molecular formula is C11H13F2NO2. The van der Waals surface area contributed by atoms with Crippen LogP contribution in [0.25, 0.3) is 0 Å². The highest BCUT2D eigenvalue weighted by Gasteiger charge is 2.28. The van der Waals surface area contributed by atoms with Gasteiger partial charge in [0.2, 0.25) is 5.88 Å². The van der Waals surface area contributed by atoms with Gasteiger partial charge in [0.15, 0.2) is 6.61 Å². The zero-order valence-corrected chi connectivity index (χ0v) is 8.95. The molecule has 1 heterocycles. The average molecular weight is 229 g/mol. The number of alkyl halides is 2. The lowest BCUT2D eigenvalue weighted by atomic mass is 10.2. The van der Waals surface area contributed by atoms with Crippen molar-refractivity contribution in [2.45, 2.75) is 25.2 Å². The van der Waals surface area contributed by atoms with Gasteiger partial charge in [-0.2, -0.15) is 0 Å². The van der Waals surface area contributed by atoms with Gasteiger partial charge in [0.05, 0.1) is 13.3 Å². The summed E-state index contributed by atoms with van der Waals surface area (Å²) in [6.45, 7) is -0.612. The normalized spacial score (nSPS) is 15.2. The van der Waals surface area contributed by atoms with E-state index in [2.05, 4.69) is 4.98 Å². The first-order valence-electron chi connectivity index (χ1n) is 5.15. The molecule has 0 radical (unpaired) electrons. The lowest BCUT2D eigenvalue weighted by Crippen LogP contribution is -2.09. The molecule has 0 N–H and O–H groups in total. The van der Waals surface area contributed by atoms with Crippen molar-refractivity contribution in [2.75, 3.05) is 13.7 Å². The maximum atomic E-state index is 12.0. The first-order chi connectivity index (χ1) is 7.70. The van der Waals surface area contributed by atoms with Crippen molar-refractivity contribution < 1.29 is 18.3 Å². The summed E-state index contributed by atoms with van der Waals surface area (Å²) in [4.78, 5) is 4.00. The van der Waals surface area contributed by atoms with Crippen LogP contribution >= 0.6 is 0 Å². The van der Waals surface area contributed by atoms with E-state index >= 15 is 0 Å². The Morgan fingerprint density at radius 2 is 2.25 bits per heavy atom. The second-order valence-corrected chi connectivity index (χ2v) is 3.75. The number of hydrogen-bond acceptors (Lipinski definition) is 3. The van der Waals surface area contributed by atoms with Gasteiger partial charge in [0.25, 0.3) is 6.43 Å². The van der Waals surface area contributed by atoms with Crippen molar-refractivity contribution in [3.8, 4) is 11.6 Å². The van der Waals surface area contributed by atoms with E-state index in [4.69, 9.17) is 9.47 Å². The van der Waals surface area contributed by atoms with Gasteiger partial charge in [-0.05, 0) is 24.8 Å². The first kappa shape index (κ1) is 11.1. The van der Waals surface area contributed by atoms with Crippen LogP contribution in [0, 0.1) is 0 Å². The Kier molecular flexibility index (Phi) is 3.22. The molecule has 0 spiro atoms. The molecule has 2 rings (SSSR count). The molecule has 1 saturated carbocycles. The van der Waals surface area contributed by atoms with E-state index in [9.17, 15) is 8.78 Å². The number of halogens is 2. The van der Waals surface area contributed by atoms with Crippen molar-refractivity contribution in [3.05, 3.63) is 17.8 Å². The maximum Gasteiger partial charge on any atom is 0.272 e. The summed E-state index contributed by atoms with van der Waals surface area (Å²) in [5.41, 5.74) is 0.875. The Morgan fingerprint density at radius 1 is 1.50 bits per heavy atom. The summed E-state index contributed by atoms with van der Waals surface area (Å²) >= 11 is 0. The van der Waals surface area contributed by atoms with Crippen molar-refractivity contribution in [1.82, 2.24) is 4.98 Å². The summed E-state index contributed by atoms with van der Waals surface area (Å²) in [6.07, 6.45) is 1.11. The molecule has 1 aliphatic carbocycles. The minimum atomic E-state index is -2.48. The van der Waals surface area contributed by atoms with Gasteiger partial charge in [-0.25, -0.2) is 13.8 Å². The standard InChI is InChI=1S/C11H13F2NO2/c1-15-8-4-9(7-2-3-7)11(14-5-8)16-6-10(12)13/h4-5,7,10H,2-3,6H2,1H3. The SMILES string of the molecule is COc1cnc(OCC(F)F)c(C2CC2)c1. The Labute approximate surface area is 92.4 Å². The van der Waals surface area contributed by atoms with Gasteiger partial charge >= 0.3 is 0 Å². The monoisotopic (exact) mass is 229 g/mol. The molecular weight excluding hydrogens is 216 g/mol. The largest absolute Gasteiger partial charge is 0.495 e. The van der Waals surface area contributed by atoms with Crippen molar-refractivity contribution in [3.63, 3.8) is 0 Å². The Balaban J connectivity index is 2.15. The zero-order valence-electron chi connectivity index (χ0n) is 8.95. The highest BCUT2D eigenvalue weighted by Crippen LogP contribution is 2.44. The van der Waals surface area contributed by atoms with E-state index in [1.807, 2.05) is 6.07 Å². The van der Waals surface area contributed by atoms with Crippen molar-refractivity contribution in [2.24, 2.45) is 0 Å². The second-order valence-electron chi connectivity index (χ2n) is 3.75. The second kappa shape index (κ2) is 4.63. The minimum absolute atomic E-state index is 0.309. The molecule has 0 aliphatic heterocycles. The van der Waals surface area contributed by atoms with E-state index in [0.717, 1.165) is 18.4 Å². The summed E-state index contributed by atoms with van der Waals surface area (Å²) in [7, 11) is 1.55. The Morgan fingerprint density at radius 3 is 2.81 bits per heavy atom. The molecule has 0 bridgehead atoms. The number of nitrogens with zero attached hydrogens (tertiary/aromatic N) is 1. The minimum Gasteiger partial charge on any atom is -0.495 e. The number of methoxy groups -OCH3 is 1. The molecule has 1 aromatic heterocycles. The molecule has 1 fully saturated rings. The highest BCUT2D eigenvalue weighted by atomic mass is 19.3. The quantitative estimate of drug-likeness (QED) is 0.777. The third-order valence-electron chi connectivity index (χ3n) is 2.45. The lowest BCUT2D eigenvalue weighted by molar-refractivity contribution is 0.0790. The summed E-state index contributed by atoms with van der Waals surface area (Å²) in [5.74, 6) is 1.32. The lowest BCUT2D eigenvalue weighted by Gasteiger charge is -2.10. The fourth-order valence-electron chi connectivity index (χ4n) is 1.51.